The molecule has 0 bridgehead atoms. The average molecular weight is 245 g/mol. The van der Waals surface area contributed by atoms with Crippen LogP contribution in [0.1, 0.15) is 6.92 Å². The first-order chi connectivity index (χ1) is 8.61. The fourth-order valence-corrected chi connectivity index (χ4v) is 1.91. The van der Waals surface area contributed by atoms with Gasteiger partial charge in [-0.2, -0.15) is 0 Å². The Morgan fingerprint density at radius 1 is 1.33 bits per heavy atom. The topological polar surface area (TPSA) is 51.4 Å². The summed E-state index contributed by atoms with van der Waals surface area (Å²) in [5.74, 6) is 0.942. The largest absolute Gasteiger partial charge is 0.399 e. The summed E-state index contributed by atoms with van der Waals surface area (Å²) < 4.78 is 5.16. The zero-order chi connectivity index (χ0) is 13.1. The van der Waals surface area contributed by atoms with E-state index >= 15 is 0 Å². The molecule has 0 aliphatic rings. The van der Waals surface area contributed by atoms with Crippen LogP contribution >= 0.6 is 0 Å². The number of fused-ring (bicyclic) bond motifs is 1. The number of nitrogens with two attached hydrogens (primary N) is 1. The molecule has 1 atom stereocenters. The standard InChI is InChI=1S/C14H19N3O/c1-10(9-18-3)17(2)14-7-4-11-8-12(15)5-6-13(11)16-14/h4-8,10H,9,15H2,1-3H3. The van der Waals surface area contributed by atoms with Gasteiger partial charge in [-0.05, 0) is 37.3 Å². The Hall–Kier alpha value is -1.81. The minimum Gasteiger partial charge on any atom is -0.399 e. The number of ether oxygens (including phenoxy) is 1. The lowest BCUT2D eigenvalue weighted by Crippen LogP contribution is -2.33. The fraction of sp³-hybridized carbons (Fsp3) is 0.357. The molecule has 1 aromatic heterocycles. The number of aromatic nitrogens is 1. The number of hydrogen-bond donors (Lipinski definition) is 1. The Balaban J connectivity index is 2.32. The molecule has 0 aliphatic heterocycles. The Bertz CT molecular complexity index is 542. The van der Waals surface area contributed by atoms with Crippen molar-refractivity contribution < 1.29 is 4.74 Å². The van der Waals surface area contributed by atoms with Crippen molar-refractivity contribution in [3.8, 4) is 0 Å². The van der Waals surface area contributed by atoms with Gasteiger partial charge < -0.3 is 15.4 Å². The first-order valence-corrected chi connectivity index (χ1v) is 6.00. The van der Waals surface area contributed by atoms with Gasteiger partial charge in [0.15, 0.2) is 0 Å². The normalized spacial score (nSPS) is 12.6. The third-order valence-corrected chi connectivity index (χ3v) is 3.13. The van der Waals surface area contributed by atoms with Crippen LogP contribution in [0, 0.1) is 0 Å². The summed E-state index contributed by atoms with van der Waals surface area (Å²) in [6.45, 7) is 2.79. The van der Waals surface area contributed by atoms with Gasteiger partial charge in [-0.1, -0.05) is 0 Å². The average Bonchev–Trinajstić information content (AvgIpc) is 2.37. The molecule has 2 aromatic rings. The van der Waals surface area contributed by atoms with E-state index in [1.54, 1.807) is 7.11 Å². The lowest BCUT2D eigenvalue weighted by Gasteiger charge is -2.25. The summed E-state index contributed by atoms with van der Waals surface area (Å²) in [5, 5.41) is 1.06. The van der Waals surface area contributed by atoms with Crippen molar-refractivity contribution >= 4 is 22.4 Å². The van der Waals surface area contributed by atoms with Gasteiger partial charge in [0.1, 0.15) is 5.82 Å². The second kappa shape index (κ2) is 5.23. The van der Waals surface area contributed by atoms with Gasteiger partial charge in [0.2, 0.25) is 0 Å². The van der Waals surface area contributed by atoms with E-state index in [0.29, 0.717) is 6.61 Å². The second-order valence-electron chi connectivity index (χ2n) is 4.54. The Morgan fingerprint density at radius 3 is 2.83 bits per heavy atom. The zero-order valence-electron chi connectivity index (χ0n) is 11.1. The number of methoxy groups -OCH3 is 1. The third kappa shape index (κ3) is 2.54. The quantitative estimate of drug-likeness (QED) is 0.840. The first-order valence-electron chi connectivity index (χ1n) is 6.00. The molecule has 0 amide bonds. The number of anilines is 2. The monoisotopic (exact) mass is 245 g/mol. The highest BCUT2D eigenvalue weighted by Gasteiger charge is 2.11. The van der Waals surface area contributed by atoms with E-state index in [2.05, 4.69) is 16.8 Å². The minimum atomic E-state index is 0.286. The van der Waals surface area contributed by atoms with Crippen molar-refractivity contribution in [1.29, 1.82) is 0 Å². The molecule has 0 saturated heterocycles. The molecule has 0 radical (unpaired) electrons. The summed E-state index contributed by atoms with van der Waals surface area (Å²) >= 11 is 0. The summed E-state index contributed by atoms with van der Waals surface area (Å²) in [6.07, 6.45) is 0. The molecular formula is C14H19N3O. The molecule has 18 heavy (non-hydrogen) atoms. The maximum Gasteiger partial charge on any atom is 0.129 e. The molecular weight excluding hydrogens is 226 g/mol. The van der Waals surface area contributed by atoms with Gasteiger partial charge in [-0.15, -0.1) is 0 Å². The summed E-state index contributed by atoms with van der Waals surface area (Å²) in [6, 6.07) is 10.1. The van der Waals surface area contributed by atoms with Crippen molar-refractivity contribution in [3.63, 3.8) is 0 Å². The molecule has 1 unspecified atom stereocenters. The Labute approximate surface area is 107 Å². The fourth-order valence-electron chi connectivity index (χ4n) is 1.91. The maximum atomic E-state index is 5.75. The number of rotatable bonds is 4. The van der Waals surface area contributed by atoms with E-state index < -0.39 is 0 Å². The third-order valence-electron chi connectivity index (χ3n) is 3.13. The van der Waals surface area contributed by atoms with Gasteiger partial charge in [-0.25, -0.2) is 4.98 Å². The molecule has 0 saturated carbocycles. The molecule has 1 aromatic carbocycles. The summed E-state index contributed by atoms with van der Waals surface area (Å²) in [7, 11) is 3.73. The van der Waals surface area contributed by atoms with Gasteiger partial charge in [-0.3, -0.25) is 0 Å². The van der Waals surface area contributed by atoms with Gasteiger partial charge in [0, 0.05) is 25.2 Å². The highest BCUT2D eigenvalue weighted by Crippen LogP contribution is 2.20. The molecule has 0 aliphatic carbocycles. The highest BCUT2D eigenvalue weighted by molar-refractivity contribution is 5.83. The molecule has 2 rings (SSSR count). The van der Waals surface area contributed by atoms with Crippen LogP contribution in [-0.2, 0) is 4.74 Å². The minimum absolute atomic E-state index is 0.286. The van der Waals surface area contributed by atoms with Crippen LogP contribution in [0.25, 0.3) is 10.9 Å². The molecule has 0 fully saturated rings. The smallest absolute Gasteiger partial charge is 0.129 e. The number of benzene rings is 1. The summed E-state index contributed by atoms with van der Waals surface area (Å²) in [5.41, 5.74) is 7.47. The molecule has 1 heterocycles. The van der Waals surface area contributed by atoms with Crippen LogP contribution in [0.5, 0.6) is 0 Å². The Kier molecular flexibility index (Phi) is 3.67. The summed E-state index contributed by atoms with van der Waals surface area (Å²) in [4.78, 5) is 6.74. The van der Waals surface area contributed by atoms with Crippen molar-refractivity contribution in [2.75, 3.05) is 31.4 Å². The van der Waals surface area contributed by atoms with E-state index in [9.17, 15) is 0 Å². The van der Waals surface area contributed by atoms with E-state index in [1.807, 2.05) is 37.4 Å². The van der Waals surface area contributed by atoms with E-state index in [0.717, 1.165) is 22.4 Å². The first kappa shape index (κ1) is 12.6. The Morgan fingerprint density at radius 2 is 2.11 bits per heavy atom. The van der Waals surface area contributed by atoms with Crippen LogP contribution in [-0.4, -0.2) is 31.8 Å². The van der Waals surface area contributed by atoms with Crippen LogP contribution in [0.2, 0.25) is 0 Å². The van der Waals surface area contributed by atoms with Gasteiger partial charge in [0.05, 0.1) is 18.2 Å². The van der Waals surface area contributed by atoms with Crippen molar-refractivity contribution in [2.24, 2.45) is 0 Å². The second-order valence-corrected chi connectivity index (χ2v) is 4.54. The molecule has 4 nitrogen and oxygen atoms in total. The van der Waals surface area contributed by atoms with E-state index in [4.69, 9.17) is 10.5 Å². The van der Waals surface area contributed by atoms with Crippen LogP contribution in [0.4, 0.5) is 11.5 Å². The number of likely N-dealkylation sites (N-methyl/N-ethyl adjacent to an activating group) is 1. The van der Waals surface area contributed by atoms with Crippen LogP contribution in [0.15, 0.2) is 30.3 Å². The molecule has 96 valence electrons. The predicted octanol–water partition coefficient (Wildman–Crippen LogP) is 2.29. The molecule has 4 heteroatoms. The highest BCUT2D eigenvalue weighted by atomic mass is 16.5. The predicted molar refractivity (Wildman–Crippen MR) is 75.9 cm³/mol. The SMILES string of the molecule is COCC(C)N(C)c1ccc2cc(N)ccc2n1. The number of nitrogen functional groups attached to an aromatic ring is 1. The number of nitrogens with zero attached hydrogens (tertiary/aromatic N) is 2. The van der Waals surface area contributed by atoms with E-state index in [1.165, 1.54) is 0 Å². The number of pyridine rings is 1. The lowest BCUT2D eigenvalue weighted by molar-refractivity contribution is 0.183. The van der Waals surface area contributed by atoms with Crippen molar-refractivity contribution in [1.82, 2.24) is 4.98 Å². The number of hydrogen-bond acceptors (Lipinski definition) is 4. The lowest BCUT2D eigenvalue weighted by atomic mass is 10.2. The molecule has 2 N–H and O–H groups in total. The maximum absolute atomic E-state index is 5.75. The van der Waals surface area contributed by atoms with Gasteiger partial charge >= 0.3 is 0 Å². The molecule has 0 spiro atoms. The zero-order valence-corrected chi connectivity index (χ0v) is 11.1. The van der Waals surface area contributed by atoms with Gasteiger partial charge in [0.25, 0.3) is 0 Å². The van der Waals surface area contributed by atoms with E-state index in [-0.39, 0.29) is 6.04 Å². The van der Waals surface area contributed by atoms with Crippen LogP contribution < -0.4 is 10.6 Å². The van der Waals surface area contributed by atoms with Crippen molar-refractivity contribution in [2.45, 2.75) is 13.0 Å². The van der Waals surface area contributed by atoms with Crippen molar-refractivity contribution in [3.05, 3.63) is 30.3 Å². The van der Waals surface area contributed by atoms with Crippen LogP contribution in [0.3, 0.4) is 0 Å².